The average molecular weight is 487 g/mol. The Bertz CT molecular complexity index is 1030. The van der Waals surface area contributed by atoms with Crippen LogP contribution in [-0.4, -0.2) is 62.7 Å². The minimum atomic E-state index is -1.26. The number of benzene rings is 1. The van der Waals surface area contributed by atoms with E-state index in [1.54, 1.807) is 11.3 Å². The van der Waals surface area contributed by atoms with Crippen molar-refractivity contribution < 1.29 is 24.6 Å². The van der Waals surface area contributed by atoms with E-state index in [2.05, 4.69) is 15.6 Å². The molecule has 4 rings (SSSR count). The highest BCUT2D eigenvalue weighted by molar-refractivity contribution is 7.13. The lowest BCUT2D eigenvalue weighted by atomic mass is 9.96. The van der Waals surface area contributed by atoms with E-state index in [1.165, 1.54) is 4.90 Å². The van der Waals surface area contributed by atoms with Gasteiger partial charge in [0.25, 0.3) is 0 Å². The molecule has 34 heavy (non-hydrogen) atoms. The molecule has 2 aliphatic rings. The van der Waals surface area contributed by atoms with Crippen molar-refractivity contribution in [2.45, 2.75) is 63.8 Å². The van der Waals surface area contributed by atoms with Gasteiger partial charge in [0.15, 0.2) is 0 Å². The molecule has 0 radical (unpaired) electrons. The molecule has 1 aromatic carbocycles. The van der Waals surface area contributed by atoms with E-state index in [9.17, 15) is 24.6 Å². The fourth-order valence-corrected chi connectivity index (χ4v) is 5.76. The number of rotatable bonds is 7. The number of amides is 3. The number of carbonyl (C=O) groups excluding carboxylic acids is 2. The predicted molar refractivity (Wildman–Crippen MR) is 127 cm³/mol. The Morgan fingerprint density at radius 3 is 2.53 bits per heavy atom. The lowest BCUT2D eigenvalue weighted by Gasteiger charge is -2.30. The summed E-state index contributed by atoms with van der Waals surface area (Å²) in [7, 11) is 0. The van der Waals surface area contributed by atoms with Crippen molar-refractivity contribution in [3.63, 3.8) is 0 Å². The van der Waals surface area contributed by atoms with Gasteiger partial charge in [-0.3, -0.25) is 9.59 Å². The maximum absolute atomic E-state index is 13.3. The standard InChI is InChI=1S/C24H30N4O5S/c1-14-21(34-13-26-14)17-8-6-15(7-9-17)11-25-22(30)19-10-18(29)12-28(19)23(31)20(27-24(32)33)16-4-2-3-5-16/h6-9,13,16,18-20,27,29H,2-5,10-12H2,1H3,(H,25,30)(H,32,33)/t18-,19+,20+/m1/s1. The summed E-state index contributed by atoms with van der Waals surface area (Å²) < 4.78 is 0. The first-order chi connectivity index (χ1) is 16.3. The van der Waals surface area contributed by atoms with Gasteiger partial charge in [-0.15, -0.1) is 11.3 Å². The van der Waals surface area contributed by atoms with Gasteiger partial charge in [-0.2, -0.15) is 0 Å². The third kappa shape index (κ3) is 5.39. The van der Waals surface area contributed by atoms with E-state index in [4.69, 9.17) is 0 Å². The molecule has 2 aromatic rings. The summed E-state index contributed by atoms with van der Waals surface area (Å²) in [6.07, 6.45) is 1.47. The maximum atomic E-state index is 13.3. The number of hydrogen-bond acceptors (Lipinski definition) is 6. The van der Waals surface area contributed by atoms with Crippen molar-refractivity contribution >= 4 is 29.2 Å². The minimum Gasteiger partial charge on any atom is -0.465 e. The van der Waals surface area contributed by atoms with Crippen LogP contribution < -0.4 is 10.6 Å². The van der Waals surface area contributed by atoms with Crippen LogP contribution in [0.1, 0.15) is 43.4 Å². The normalized spacial score (nSPS) is 21.4. The van der Waals surface area contributed by atoms with Gasteiger partial charge in [-0.25, -0.2) is 9.78 Å². The third-order valence-corrected chi connectivity index (χ3v) is 7.69. The van der Waals surface area contributed by atoms with Crippen LogP contribution in [0.2, 0.25) is 0 Å². The summed E-state index contributed by atoms with van der Waals surface area (Å²) >= 11 is 1.58. The molecule has 0 spiro atoms. The molecule has 1 aliphatic heterocycles. The van der Waals surface area contributed by atoms with E-state index >= 15 is 0 Å². The summed E-state index contributed by atoms with van der Waals surface area (Å²) in [6.45, 7) is 2.27. The van der Waals surface area contributed by atoms with Crippen LogP contribution in [0, 0.1) is 12.8 Å². The van der Waals surface area contributed by atoms with Gasteiger partial charge in [0.2, 0.25) is 11.8 Å². The number of aryl methyl sites for hydroxylation is 1. The Morgan fingerprint density at radius 1 is 1.21 bits per heavy atom. The quantitative estimate of drug-likeness (QED) is 0.476. The van der Waals surface area contributed by atoms with Crippen molar-refractivity contribution in [1.29, 1.82) is 0 Å². The monoisotopic (exact) mass is 486 g/mol. The molecule has 2 heterocycles. The van der Waals surface area contributed by atoms with Crippen LogP contribution in [0.4, 0.5) is 4.79 Å². The van der Waals surface area contributed by atoms with Crippen molar-refractivity contribution in [1.82, 2.24) is 20.5 Å². The average Bonchev–Trinajstić information content (AvgIpc) is 3.57. The topological polar surface area (TPSA) is 132 Å². The van der Waals surface area contributed by atoms with Crippen molar-refractivity contribution in [3.05, 3.63) is 41.0 Å². The Morgan fingerprint density at radius 2 is 1.91 bits per heavy atom. The van der Waals surface area contributed by atoms with Crippen molar-refractivity contribution in [2.75, 3.05) is 6.54 Å². The number of nitrogens with one attached hydrogen (secondary N) is 2. The molecular formula is C24H30N4O5S. The van der Waals surface area contributed by atoms with Crippen molar-refractivity contribution in [2.24, 2.45) is 5.92 Å². The van der Waals surface area contributed by atoms with Crippen LogP contribution in [0.3, 0.4) is 0 Å². The predicted octanol–water partition coefficient (Wildman–Crippen LogP) is 2.52. The molecule has 1 aliphatic carbocycles. The first kappa shape index (κ1) is 24.2. The molecule has 182 valence electrons. The molecule has 1 aromatic heterocycles. The van der Waals surface area contributed by atoms with Crippen LogP contribution in [0.15, 0.2) is 29.8 Å². The molecular weight excluding hydrogens is 456 g/mol. The largest absolute Gasteiger partial charge is 0.465 e. The molecule has 1 saturated heterocycles. The molecule has 3 atom stereocenters. The second kappa shape index (κ2) is 10.5. The van der Waals surface area contributed by atoms with E-state index < -0.39 is 30.2 Å². The lowest BCUT2D eigenvalue weighted by molar-refractivity contribution is -0.141. The first-order valence-electron chi connectivity index (χ1n) is 11.6. The fourth-order valence-electron chi connectivity index (χ4n) is 4.95. The molecule has 4 N–H and O–H groups in total. The van der Waals surface area contributed by atoms with Crippen molar-refractivity contribution in [3.8, 4) is 10.4 Å². The molecule has 3 amide bonds. The summed E-state index contributed by atoms with van der Waals surface area (Å²) in [6, 6.07) is 6.12. The number of carboxylic acid groups (broad SMARTS) is 1. The van der Waals surface area contributed by atoms with E-state index in [0.29, 0.717) is 0 Å². The van der Waals surface area contributed by atoms with Gasteiger partial charge < -0.3 is 25.7 Å². The summed E-state index contributed by atoms with van der Waals surface area (Å²) in [4.78, 5) is 44.3. The van der Waals surface area contributed by atoms with Crippen LogP contribution in [-0.2, 0) is 16.1 Å². The highest BCUT2D eigenvalue weighted by Crippen LogP contribution is 2.31. The second-order valence-electron chi connectivity index (χ2n) is 9.05. The minimum absolute atomic E-state index is 0.0182. The summed E-state index contributed by atoms with van der Waals surface area (Å²) in [5.41, 5.74) is 4.76. The van der Waals surface area contributed by atoms with E-state index in [1.807, 2.05) is 36.7 Å². The molecule has 10 heteroatoms. The van der Waals surface area contributed by atoms with Gasteiger partial charge in [-0.05, 0) is 36.8 Å². The summed E-state index contributed by atoms with van der Waals surface area (Å²) in [5.74, 6) is -0.881. The Hall–Kier alpha value is -2.98. The van der Waals surface area contributed by atoms with Crippen LogP contribution in [0.5, 0.6) is 0 Å². The molecule has 2 fully saturated rings. The van der Waals surface area contributed by atoms with Gasteiger partial charge in [0.1, 0.15) is 12.1 Å². The van der Waals surface area contributed by atoms with Gasteiger partial charge in [-0.1, -0.05) is 37.1 Å². The SMILES string of the molecule is Cc1ncsc1-c1ccc(CNC(=O)[C@@H]2C[C@@H](O)CN2C(=O)[C@@H](NC(=O)O)C2CCCC2)cc1. The fraction of sp³-hybridized carbons (Fsp3) is 0.500. The zero-order valence-electron chi connectivity index (χ0n) is 19.1. The van der Waals surface area contributed by atoms with Crippen LogP contribution >= 0.6 is 11.3 Å². The first-order valence-corrected chi connectivity index (χ1v) is 12.5. The maximum Gasteiger partial charge on any atom is 0.405 e. The van der Waals surface area contributed by atoms with Gasteiger partial charge in [0.05, 0.1) is 22.2 Å². The number of likely N-dealkylation sites (tertiary alicyclic amines) is 1. The Kier molecular flexibility index (Phi) is 7.47. The molecule has 0 bridgehead atoms. The number of thiazole rings is 1. The number of β-amino-alcohol motifs (C(OH)–C–C–N with tert-alkyl or cyclic N) is 1. The molecule has 0 unspecified atom stereocenters. The number of aliphatic hydroxyl groups excluding tert-OH is 1. The second-order valence-corrected chi connectivity index (χ2v) is 9.90. The lowest BCUT2D eigenvalue weighted by Crippen LogP contribution is -2.55. The van der Waals surface area contributed by atoms with Crippen LogP contribution in [0.25, 0.3) is 10.4 Å². The Balaban J connectivity index is 1.40. The molecule has 1 saturated carbocycles. The number of aliphatic hydroxyl groups is 1. The van der Waals surface area contributed by atoms with Gasteiger partial charge in [0, 0.05) is 19.5 Å². The summed E-state index contributed by atoms with van der Waals surface area (Å²) in [5, 5.41) is 24.7. The number of hydrogen-bond donors (Lipinski definition) is 4. The van der Waals surface area contributed by atoms with E-state index in [0.717, 1.165) is 47.4 Å². The zero-order valence-corrected chi connectivity index (χ0v) is 19.9. The number of carbonyl (C=O) groups is 3. The Labute approximate surface area is 202 Å². The third-order valence-electron chi connectivity index (χ3n) is 6.71. The number of aromatic nitrogens is 1. The smallest absolute Gasteiger partial charge is 0.405 e. The number of nitrogens with zero attached hydrogens (tertiary/aromatic N) is 2. The highest BCUT2D eigenvalue weighted by Gasteiger charge is 2.43. The molecule has 9 nitrogen and oxygen atoms in total. The highest BCUT2D eigenvalue weighted by atomic mass is 32.1. The van der Waals surface area contributed by atoms with Gasteiger partial charge >= 0.3 is 6.09 Å². The zero-order chi connectivity index (χ0) is 24.2. The van der Waals surface area contributed by atoms with E-state index in [-0.39, 0.29) is 31.3 Å².